The van der Waals surface area contributed by atoms with E-state index < -0.39 is 0 Å². The standard InChI is InChI=1S/C13H26N2/c1-11-5-10-15(11)12-6-8-14(9-7-12)13(2,3)4/h11-12H,5-10H2,1-4H3. The molecular formula is C13H26N2. The van der Waals surface area contributed by atoms with Crippen molar-refractivity contribution in [2.75, 3.05) is 19.6 Å². The topological polar surface area (TPSA) is 6.48 Å². The molecule has 2 rings (SSSR count). The van der Waals surface area contributed by atoms with E-state index in [9.17, 15) is 0 Å². The molecule has 1 atom stereocenters. The van der Waals surface area contributed by atoms with Crippen molar-refractivity contribution < 1.29 is 0 Å². The van der Waals surface area contributed by atoms with Gasteiger partial charge in [0.25, 0.3) is 0 Å². The molecule has 0 N–H and O–H groups in total. The highest BCUT2D eigenvalue weighted by atomic mass is 15.3. The lowest BCUT2D eigenvalue weighted by atomic mass is 9.93. The Labute approximate surface area is 94.6 Å². The van der Waals surface area contributed by atoms with Gasteiger partial charge in [0.05, 0.1) is 0 Å². The van der Waals surface area contributed by atoms with Crippen LogP contribution in [0.2, 0.25) is 0 Å². The van der Waals surface area contributed by atoms with Gasteiger partial charge in [-0.25, -0.2) is 0 Å². The van der Waals surface area contributed by atoms with Crippen LogP contribution in [0.5, 0.6) is 0 Å². The fourth-order valence-electron chi connectivity index (χ4n) is 2.95. The van der Waals surface area contributed by atoms with Crippen LogP contribution >= 0.6 is 0 Å². The maximum atomic E-state index is 2.71. The van der Waals surface area contributed by atoms with Crippen LogP contribution in [0.4, 0.5) is 0 Å². The van der Waals surface area contributed by atoms with Gasteiger partial charge in [0.15, 0.2) is 0 Å². The van der Waals surface area contributed by atoms with Gasteiger partial charge in [0, 0.05) is 37.3 Å². The molecule has 2 heterocycles. The third kappa shape index (κ3) is 2.36. The molecule has 88 valence electrons. The molecule has 2 saturated heterocycles. The second-order valence-electron chi connectivity index (χ2n) is 6.26. The number of likely N-dealkylation sites (tertiary alicyclic amines) is 2. The van der Waals surface area contributed by atoms with Gasteiger partial charge < -0.3 is 0 Å². The largest absolute Gasteiger partial charge is 0.298 e. The molecule has 0 aromatic heterocycles. The van der Waals surface area contributed by atoms with E-state index in [4.69, 9.17) is 0 Å². The van der Waals surface area contributed by atoms with Gasteiger partial charge in [-0.2, -0.15) is 0 Å². The second kappa shape index (κ2) is 4.06. The Balaban J connectivity index is 1.82. The molecule has 0 amide bonds. The van der Waals surface area contributed by atoms with Gasteiger partial charge in [-0.3, -0.25) is 9.80 Å². The van der Waals surface area contributed by atoms with E-state index in [1.807, 2.05) is 0 Å². The van der Waals surface area contributed by atoms with Crippen LogP contribution in [0.25, 0.3) is 0 Å². The van der Waals surface area contributed by atoms with E-state index in [1.54, 1.807) is 0 Å². The Morgan fingerprint density at radius 2 is 1.53 bits per heavy atom. The van der Waals surface area contributed by atoms with Gasteiger partial charge in [0.2, 0.25) is 0 Å². The fraction of sp³-hybridized carbons (Fsp3) is 1.00. The molecule has 2 heteroatoms. The zero-order chi connectivity index (χ0) is 11.1. The van der Waals surface area contributed by atoms with Crippen LogP contribution in [0.1, 0.15) is 47.0 Å². The SMILES string of the molecule is CC1CCN1C1CCN(C(C)(C)C)CC1. The van der Waals surface area contributed by atoms with E-state index in [-0.39, 0.29) is 0 Å². The Kier molecular flexibility index (Phi) is 3.09. The lowest BCUT2D eigenvalue weighted by molar-refractivity contribution is -0.000500. The quantitative estimate of drug-likeness (QED) is 0.655. The van der Waals surface area contributed by atoms with E-state index in [2.05, 4.69) is 37.5 Å². The number of nitrogens with zero attached hydrogens (tertiary/aromatic N) is 2. The highest BCUT2D eigenvalue weighted by Crippen LogP contribution is 2.28. The summed E-state index contributed by atoms with van der Waals surface area (Å²) in [4.78, 5) is 5.34. The Morgan fingerprint density at radius 3 is 1.87 bits per heavy atom. The molecular weight excluding hydrogens is 184 g/mol. The van der Waals surface area contributed by atoms with Crippen LogP contribution in [0, 0.1) is 0 Å². The lowest BCUT2D eigenvalue weighted by Gasteiger charge is -2.49. The summed E-state index contributed by atoms with van der Waals surface area (Å²) in [5, 5.41) is 0. The van der Waals surface area contributed by atoms with Gasteiger partial charge in [-0.1, -0.05) is 0 Å². The summed E-state index contributed by atoms with van der Waals surface area (Å²) >= 11 is 0. The van der Waals surface area contributed by atoms with E-state index in [1.165, 1.54) is 38.9 Å². The summed E-state index contributed by atoms with van der Waals surface area (Å²) in [6, 6.07) is 1.74. The van der Waals surface area contributed by atoms with Crippen molar-refractivity contribution in [3.63, 3.8) is 0 Å². The molecule has 2 aliphatic rings. The third-order valence-corrected chi connectivity index (χ3v) is 4.25. The monoisotopic (exact) mass is 210 g/mol. The molecule has 0 spiro atoms. The highest BCUT2D eigenvalue weighted by Gasteiger charge is 2.34. The second-order valence-corrected chi connectivity index (χ2v) is 6.26. The third-order valence-electron chi connectivity index (χ3n) is 4.25. The molecule has 15 heavy (non-hydrogen) atoms. The molecule has 2 nitrogen and oxygen atoms in total. The van der Waals surface area contributed by atoms with Gasteiger partial charge in [-0.15, -0.1) is 0 Å². The smallest absolute Gasteiger partial charge is 0.0125 e. The van der Waals surface area contributed by atoms with Crippen molar-refractivity contribution in [2.45, 2.75) is 64.6 Å². The Morgan fingerprint density at radius 1 is 0.933 bits per heavy atom. The Hall–Kier alpha value is -0.0800. The minimum absolute atomic E-state index is 0.367. The van der Waals surface area contributed by atoms with Crippen molar-refractivity contribution in [2.24, 2.45) is 0 Å². The molecule has 0 aliphatic carbocycles. The molecule has 2 aliphatic heterocycles. The predicted octanol–water partition coefficient (Wildman–Crippen LogP) is 2.34. The minimum Gasteiger partial charge on any atom is -0.298 e. The van der Waals surface area contributed by atoms with Gasteiger partial charge in [0.1, 0.15) is 0 Å². The summed E-state index contributed by atoms with van der Waals surface area (Å²) in [5.41, 5.74) is 0.367. The van der Waals surface area contributed by atoms with Crippen molar-refractivity contribution in [3.05, 3.63) is 0 Å². The first-order valence-electron chi connectivity index (χ1n) is 6.49. The number of hydrogen-bond acceptors (Lipinski definition) is 2. The van der Waals surface area contributed by atoms with Crippen LogP contribution in [-0.2, 0) is 0 Å². The molecule has 2 fully saturated rings. The maximum absolute atomic E-state index is 2.71. The normalized spacial score (nSPS) is 31.6. The highest BCUT2D eigenvalue weighted by molar-refractivity contribution is 4.90. The van der Waals surface area contributed by atoms with Crippen molar-refractivity contribution in [3.8, 4) is 0 Å². The van der Waals surface area contributed by atoms with Crippen molar-refractivity contribution >= 4 is 0 Å². The number of rotatable bonds is 1. The van der Waals surface area contributed by atoms with Crippen LogP contribution in [0.15, 0.2) is 0 Å². The fourth-order valence-corrected chi connectivity index (χ4v) is 2.95. The summed E-state index contributed by atoms with van der Waals surface area (Å²) in [6.07, 6.45) is 4.17. The summed E-state index contributed by atoms with van der Waals surface area (Å²) < 4.78 is 0. The molecule has 0 aromatic carbocycles. The summed E-state index contributed by atoms with van der Waals surface area (Å²) in [7, 11) is 0. The van der Waals surface area contributed by atoms with Crippen LogP contribution in [0.3, 0.4) is 0 Å². The maximum Gasteiger partial charge on any atom is 0.0125 e. The van der Waals surface area contributed by atoms with Crippen LogP contribution < -0.4 is 0 Å². The van der Waals surface area contributed by atoms with Gasteiger partial charge >= 0.3 is 0 Å². The minimum atomic E-state index is 0.367. The zero-order valence-corrected chi connectivity index (χ0v) is 10.8. The first-order valence-corrected chi connectivity index (χ1v) is 6.49. The lowest BCUT2D eigenvalue weighted by Crippen LogP contribution is -2.57. The average Bonchev–Trinajstić information content (AvgIpc) is 2.15. The molecule has 0 aromatic rings. The predicted molar refractivity (Wildman–Crippen MR) is 65.1 cm³/mol. The van der Waals surface area contributed by atoms with E-state index in [0.717, 1.165) is 12.1 Å². The first kappa shape index (κ1) is 11.4. The first-order chi connectivity index (χ1) is 6.98. The number of piperidine rings is 1. The summed E-state index contributed by atoms with van der Waals surface area (Å²) in [6.45, 7) is 13.3. The number of hydrogen-bond donors (Lipinski definition) is 0. The van der Waals surface area contributed by atoms with Crippen molar-refractivity contribution in [1.82, 2.24) is 9.80 Å². The molecule has 0 saturated carbocycles. The van der Waals surface area contributed by atoms with Crippen LogP contribution in [-0.4, -0.2) is 47.1 Å². The molecule has 0 radical (unpaired) electrons. The molecule has 0 bridgehead atoms. The average molecular weight is 210 g/mol. The Bertz CT molecular complexity index is 211. The van der Waals surface area contributed by atoms with Crippen molar-refractivity contribution in [1.29, 1.82) is 0 Å². The molecule has 1 unspecified atom stereocenters. The van der Waals surface area contributed by atoms with Gasteiger partial charge in [-0.05, 0) is 47.0 Å². The van der Waals surface area contributed by atoms with E-state index in [0.29, 0.717) is 5.54 Å². The summed E-state index contributed by atoms with van der Waals surface area (Å²) in [5.74, 6) is 0. The zero-order valence-electron chi connectivity index (χ0n) is 10.8. The van der Waals surface area contributed by atoms with E-state index >= 15 is 0 Å².